The second-order valence-corrected chi connectivity index (χ2v) is 18.0. The lowest BCUT2D eigenvalue weighted by Gasteiger charge is -2.27. The molecule has 0 unspecified atom stereocenters. The maximum Gasteiger partial charge on any atom is 0.255 e. The number of anilines is 2. The molecule has 1 aromatic heterocycles. The smallest absolute Gasteiger partial charge is 0.255 e. The van der Waals surface area contributed by atoms with Gasteiger partial charge in [-0.15, -0.1) is 0 Å². The van der Waals surface area contributed by atoms with Crippen LogP contribution >= 0.6 is 0 Å². The zero-order chi connectivity index (χ0) is 38.5. The van der Waals surface area contributed by atoms with Gasteiger partial charge in [0.2, 0.25) is 20.0 Å². The predicted molar refractivity (Wildman–Crippen MR) is 206 cm³/mol. The van der Waals surface area contributed by atoms with Crippen LogP contribution in [0.1, 0.15) is 52.6 Å². The third kappa shape index (κ3) is 8.08. The zero-order valence-corrected chi connectivity index (χ0v) is 31.9. The molecule has 0 aliphatic carbocycles. The van der Waals surface area contributed by atoms with Gasteiger partial charge in [-0.25, -0.2) is 21.2 Å². The van der Waals surface area contributed by atoms with Gasteiger partial charge in [-0.1, -0.05) is 24.3 Å². The molecule has 2 amide bonds. The number of fused-ring (bicyclic) bond motifs is 7. The van der Waals surface area contributed by atoms with Gasteiger partial charge in [-0.05, 0) is 98.8 Å². The first-order chi connectivity index (χ1) is 24.8. The van der Waals surface area contributed by atoms with Gasteiger partial charge in [0.25, 0.3) is 11.8 Å². The van der Waals surface area contributed by atoms with Gasteiger partial charge in [0.1, 0.15) is 17.2 Å². The maximum absolute atomic E-state index is 14.0. The number of benzene rings is 4. The molecular weight excluding hydrogens is 720 g/mol. The molecule has 2 aliphatic rings. The van der Waals surface area contributed by atoms with Crippen molar-refractivity contribution in [2.75, 3.05) is 41.3 Å². The first-order valence-corrected chi connectivity index (χ1v) is 20.6. The van der Waals surface area contributed by atoms with Crippen LogP contribution in [0, 0.1) is 5.82 Å². The first kappa shape index (κ1) is 37.5. The van der Waals surface area contributed by atoms with E-state index in [4.69, 9.17) is 4.42 Å². The summed E-state index contributed by atoms with van der Waals surface area (Å²) in [6.07, 6.45) is 2.88. The Morgan fingerprint density at radius 2 is 1.34 bits per heavy atom. The maximum atomic E-state index is 14.0. The number of nitrogens with zero attached hydrogens (tertiary/aromatic N) is 2. The molecule has 0 radical (unpaired) electrons. The van der Waals surface area contributed by atoms with E-state index in [0.29, 0.717) is 34.9 Å². The number of halogens is 1. The average Bonchev–Trinajstić information content (AvgIpc) is 3.44. The minimum Gasteiger partial charge on any atom is -0.455 e. The Morgan fingerprint density at radius 1 is 0.755 bits per heavy atom. The van der Waals surface area contributed by atoms with Crippen molar-refractivity contribution in [3.8, 4) is 22.5 Å². The van der Waals surface area contributed by atoms with Crippen molar-refractivity contribution in [2.24, 2.45) is 0 Å². The molecular formula is C39H41FN4O7S2. The van der Waals surface area contributed by atoms with Crippen LogP contribution in [0.5, 0.6) is 0 Å². The molecule has 4 aromatic carbocycles. The van der Waals surface area contributed by atoms with E-state index >= 15 is 0 Å². The summed E-state index contributed by atoms with van der Waals surface area (Å²) in [5.41, 5.74) is 2.94. The van der Waals surface area contributed by atoms with Crippen LogP contribution in [0.15, 0.2) is 83.3 Å². The summed E-state index contributed by atoms with van der Waals surface area (Å²) in [5, 5.41) is 5.89. The minimum absolute atomic E-state index is 0.0248. The zero-order valence-electron chi connectivity index (χ0n) is 30.3. The Morgan fingerprint density at radius 3 is 1.89 bits per heavy atom. The van der Waals surface area contributed by atoms with Gasteiger partial charge in [0.15, 0.2) is 0 Å². The van der Waals surface area contributed by atoms with E-state index in [1.54, 1.807) is 18.2 Å². The molecule has 3 heterocycles. The molecule has 2 N–H and O–H groups in total. The van der Waals surface area contributed by atoms with Crippen molar-refractivity contribution >= 4 is 54.2 Å². The number of sulfonamides is 2. The highest BCUT2D eigenvalue weighted by Crippen LogP contribution is 2.43. The van der Waals surface area contributed by atoms with Crippen LogP contribution < -0.4 is 19.2 Å². The van der Waals surface area contributed by atoms with Crippen molar-refractivity contribution in [3.63, 3.8) is 0 Å². The molecule has 0 saturated carbocycles. The number of hydrogen-bond donors (Lipinski definition) is 2. The Labute approximate surface area is 308 Å². The number of carbonyl (C=O) groups excluding carboxylic acids is 2. The van der Waals surface area contributed by atoms with Crippen LogP contribution in [-0.4, -0.2) is 66.8 Å². The van der Waals surface area contributed by atoms with Gasteiger partial charge in [0.05, 0.1) is 29.4 Å². The van der Waals surface area contributed by atoms with Crippen molar-refractivity contribution < 1.29 is 35.2 Å². The number of rotatable bonds is 5. The largest absolute Gasteiger partial charge is 0.455 e. The van der Waals surface area contributed by atoms with Crippen molar-refractivity contribution in [1.82, 2.24) is 10.6 Å². The lowest BCUT2D eigenvalue weighted by molar-refractivity contribution is 0.0918. The molecule has 0 spiro atoms. The van der Waals surface area contributed by atoms with E-state index in [-0.39, 0.29) is 46.9 Å². The third-order valence-electron chi connectivity index (χ3n) is 8.93. The Hall–Kier alpha value is -5.21. The summed E-state index contributed by atoms with van der Waals surface area (Å²) in [4.78, 5) is 27.3. The second-order valence-electron chi connectivity index (χ2n) is 14.2. The number of carbonyl (C=O) groups is 2. The minimum atomic E-state index is -3.98. The van der Waals surface area contributed by atoms with E-state index in [9.17, 15) is 30.8 Å². The van der Waals surface area contributed by atoms with E-state index in [1.165, 1.54) is 52.1 Å². The molecule has 14 heteroatoms. The van der Waals surface area contributed by atoms with Crippen molar-refractivity contribution in [3.05, 3.63) is 107 Å². The SMILES string of the molecule is CNC(=O)c1c(-c2ccc(F)cc2)oc2cc3c(cc12)-c1cc(C(=O)NC(C)(C)C)cc(c1)N(S(C)(=O)=O)CCc1ccc(cc1)CCN3S(C)(=O)=O. The molecule has 5 aromatic rings. The average molecular weight is 761 g/mol. The highest BCUT2D eigenvalue weighted by Gasteiger charge is 2.29. The Balaban J connectivity index is 1.74. The van der Waals surface area contributed by atoms with Gasteiger partial charge in [-0.2, -0.15) is 0 Å². The summed E-state index contributed by atoms with van der Waals surface area (Å²) < 4.78 is 77.0. The molecule has 0 saturated heterocycles. The fraction of sp³-hybridized carbons (Fsp3) is 0.282. The van der Waals surface area contributed by atoms with Crippen LogP contribution in [0.25, 0.3) is 33.4 Å². The molecule has 11 nitrogen and oxygen atoms in total. The molecule has 278 valence electrons. The van der Waals surface area contributed by atoms with E-state index in [1.807, 2.05) is 45.0 Å². The van der Waals surface area contributed by atoms with Crippen LogP contribution in [0.2, 0.25) is 0 Å². The monoisotopic (exact) mass is 760 g/mol. The second kappa shape index (κ2) is 14.0. The van der Waals surface area contributed by atoms with Crippen molar-refractivity contribution in [2.45, 2.75) is 39.2 Å². The van der Waals surface area contributed by atoms with Crippen molar-refractivity contribution in [1.29, 1.82) is 0 Å². The molecule has 0 atom stereocenters. The van der Waals surface area contributed by atoms with Crippen LogP contribution in [0.4, 0.5) is 15.8 Å². The first-order valence-electron chi connectivity index (χ1n) is 16.9. The predicted octanol–water partition coefficient (Wildman–Crippen LogP) is 6.12. The number of nitrogens with one attached hydrogen (secondary N) is 2. The topological polar surface area (TPSA) is 146 Å². The summed E-state index contributed by atoms with van der Waals surface area (Å²) in [6.45, 7) is 5.54. The number of hydrogen-bond acceptors (Lipinski definition) is 7. The van der Waals surface area contributed by atoms with E-state index in [2.05, 4.69) is 10.6 Å². The molecule has 53 heavy (non-hydrogen) atoms. The standard InChI is InChI=1S/C39H41FN4O7S2/c1-39(2,3)42-37(45)28-19-27-20-30(21-28)43(52(5,47)48)17-15-24-7-9-25(10-8-24)16-18-44(53(6,49)50)33-23-34-32(22-31(27)33)35(38(46)41-4)36(51-34)26-11-13-29(40)14-12-26/h7-14,19-23H,15-18H2,1-6H3,(H,41,46)(H,42,45). The van der Waals surface area contributed by atoms with Gasteiger partial charge in [-0.3, -0.25) is 18.2 Å². The lowest BCUT2D eigenvalue weighted by Crippen LogP contribution is -2.40. The molecule has 4 bridgehead atoms. The Kier molecular flexibility index (Phi) is 9.90. The highest BCUT2D eigenvalue weighted by atomic mass is 32.2. The summed E-state index contributed by atoms with van der Waals surface area (Å²) in [6, 6.07) is 20.8. The lowest BCUT2D eigenvalue weighted by atomic mass is 9.96. The van der Waals surface area contributed by atoms with E-state index < -0.39 is 43.2 Å². The van der Waals surface area contributed by atoms with Crippen LogP contribution in [0.3, 0.4) is 0 Å². The normalized spacial score (nSPS) is 14.0. The van der Waals surface area contributed by atoms with Gasteiger partial charge in [0, 0.05) is 53.8 Å². The molecule has 7 rings (SSSR count). The fourth-order valence-electron chi connectivity index (χ4n) is 6.46. The van der Waals surface area contributed by atoms with Crippen LogP contribution in [-0.2, 0) is 32.9 Å². The van der Waals surface area contributed by atoms with E-state index in [0.717, 1.165) is 23.6 Å². The molecule has 0 fully saturated rings. The fourth-order valence-corrected chi connectivity index (χ4v) is 8.31. The summed E-state index contributed by atoms with van der Waals surface area (Å²) in [5.74, 6) is -1.33. The Bertz CT molecular complexity index is 2450. The van der Waals surface area contributed by atoms with Gasteiger partial charge < -0.3 is 15.1 Å². The quantitative estimate of drug-likeness (QED) is 0.219. The summed E-state index contributed by atoms with van der Waals surface area (Å²) >= 11 is 0. The third-order valence-corrected chi connectivity index (χ3v) is 11.3. The molecule has 2 aliphatic heterocycles. The summed E-state index contributed by atoms with van der Waals surface area (Å²) in [7, 11) is -6.42. The van der Waals surface area contributed by atoms with Gasteiger partial charge >= 0.3 is 0 Å². The number of amides is 2. The highest BCUT2D eigenvalue weighted by molar-refractivity contribution is 7.92. The number of furan rings is 1.